The molecule has 0 aliphatic carbocycles. The minimum atomic E-state index is -0.0173. The number of aromatic nitrogens is 1. The Morgan fingerprint density at radius 1 is 1.23 bits per heavy atom. The summed E-state index contributed by atoms with van der Waals surface area (Å²) in [6.45, 7) is 2.80. The molecule has 26 heavy (non-hydrogen) atoms. The number of anilines is 1. The molecule has 138 valence electrons. The minimum absolute atomic E-state index is 0.0173. The van der Waals surface area contributed by atoms with Gasteiger partial charge in [0.05, 0.1) is 24.7 Å². The number of pyridine rings is 1. The Morgan fingerprint density at radius 2 is 2.08 bits per heavy atom. The number of rotatable bonds is 7. The Labute approximate surface area is 152 Å². The molecule has 0 atom stereocenters. The zero-order valence-corrected chi connectivity index (χ0v) is 14.7. The molecule has 1 aliphatic heterocycles. The van der Waals surface area contributed by atoms with E-state index >= 15 is 0 Å². The van der Waals surface area contributed by atoms with Crippen LogP contribution in [0.4, 0.5) is 5.69 Å². The van der Waals surface area contributed by atoms with Crippen LogP contribution in [-0.2, 0) is 16.1 Å². The second kappa shape index (κ2) is 9.15. The average Bonchev–Trinajstić information content (AvgIpc) is 3.19. The summed E-state index contributed by atoms with van der Waals surface area (Å²) in [5.74, 6) is 0.854. The highest BCUT2D eigenvalue weighted by Gasteiger charge is 2.25. The third kappa shape index (κ3) is 5.42. The number of likely N-dealkylation sites (tertiary alicyclic amines) is 1. The SMILES string of the molecule is O=C(CCN1CCC(C(=O)NCc2ccco2)CC1)Nc1cccnc1. The van der Waals surface area contributed by atoms with Crippen LogP contribution in [0.2, 0.25) is 0 Å². The van der Waals surface area contributed by atoms with Gasteiger partial charge >= 0.3 is 0 Å². The van der Waals surface area contributed by atoms with Gasteiger partial charge in [-0.05, 0) is 50.2 Å². The van der Waals surface area contributed by atoms with Crippen LogP contribution in [0.3, 0.4) is 0 Å². The van der Waals surface area contributed by atoms with Crippen LogP contribution in [0, 0.1) is 5.92 Å². The molecule has 1 aliphatic rings. The van der Waals surface area contributed by atoms with Crippen LogP contribution >= 0.6 is 0 Å². The van der Waals surface area contributed by atoms with Crippen LogP contribution in [0.5, 0.6) is 0 Å². The van der Waals surface area contributed by atoms with Gasteiger partial charge in [0, 0.05) is 25.1 Å². The van der Waals surface area contributed by atoms with Gasteiger partial charge in [0.2, 0.25) is 11.8 Å². The summed E-state index contributed by atoms with van der Waals surface area (Å²) in [5.41, 5.74) is 0.712. The van der Waals surface area contributed by atoms with Crippen LogP contribution < -0.4 is 10.6 Å². The molecule has 0 spiro atoms. The number of carbonyl (C=O) groups is 2. The topological polar surface area (TPSA) is 87.5 Å². The fourth-order valence-electron chi connectivity index (χ4n) is 3.07. The van der Waals surface area contributed by atoms with Crippen molar-refractivity contribution in [2.75, 3.05) is 25.0 Å². The second-order valence-corrected chi connectivity index (χ2v) is 6.45. The zero-order chi connectivity index (χ0) is 18.2. The highest BCUT2D eigenvalue weighted by Crippen LogP contribution is 2.18. The molecule has 1 fully saturated rings. The van der Waals surface area contributed by atoms with Crippen LogP contribution in [-0.4, -0.2) is 41.3 Å². The first-order valence-electron chi connectivity index (χ1n) is 8.93. The first kappa shape index (κ1) is 18.1. The molecule has 7 nitrogen and oxygen atoms in total. The summed E-state index contributed by atoms with van der Waals surface area (Å²) in [6.07, 6.45) is 6.96. The zero-order valence-electron chi connectivity index (χ0n) is 14.7. The third-order valence-electron chi connectivity index (χ3n) is 4.58. The van der Waals surface area contributed by atoms with Crippen molar-refractivity contribution < 1.29 is 14.0 Å². The Balaban J connectivity index is 1.33. The summed E-state index contributed by atoms with van der Waals surface area (Å²) in [7, 11) is 0. The van der Waals surface area contributed by atoms with Crippen molar-refractivity contribution in [3.8, 4) is 0 Å². The molecule has 2 N–H and O–H groups in total. The van der Waals surface area contributed by atoms with E-state index in [1.165, 1.54) is 0 Å². The van der Waals surface area contributed by atoms with E-state index in [9.17, 15) is 9.59 Å². The first-order valence-corrected chi connectivity index (χ1v) is 8.93. The maximum absolute atomic E-state index is 12.2. The van der Waals surface area contributed by atoms with Gasteiger partial charge in [-0.3, -0.25) is 14.6 Å². The van der Waals surface area contributed by atoms with E-state index in [0.717, 1.165) is 31.7 Å². The molecule has 2 aromatic heterocycles. The van der Waals surface area contributed by atoms with E-state index in [1.54, 1.807) is 24.7 Å². The molecule has 0 saturated carbocycles. The Hall–Kier alpha value is -2.67. The predicted octanol–water partition coefficient (Wildman–Crippen LogP) is 2.03. The van der Waals surface area contributed by atoms with E-state index in [2.05, 4.69) is 20.5 Å². The van der Waals surface area contributed by atoms with Gasteiger partial charge in [-0.1, -0.05) is 0 Å². The molecule has 0 unspecified atom stereocenters. The number of amides is 2. The number of hydrogen-bond donors (Lipinski definition) is 2. The normalized spacial score (nSPS) is 15.5. The summed E-state index contributed by atoms with van der Waals surface area (Å²) in [6, 6.07) is 7.26. The van der Waals surface area contributed by atoms with Crippen molar-refractivity contribution in [1.82, 2.24) is 15.2 Å². The fourth-order valence-corrected chi connectivity index (χ4v) is 3.07. The molecule has 2 aromatic rings. The molecule has 3 rings (SSSR count). The number of furan rings is 1. The van der Waals surface area contributed by atoms with Crippen molar-refractivity contribution in [3.05, 3.63) is 48.7 Å². The monoisotopic (exact) mass is 356 g/mol. The standard InChI is InChI=1S/C19H24N4O3/c24-18(22-16-3-1-8-20-13-16)7-11-23-9-5-15(6-10-23)19(25)21-14-17-4-2-12-26-17/h1-4,8,12-13,15H,5-7,9-11,14H2,(H,21,25)(H,22,24). The van der Waals surface area contributed by atoms with Gasteiger partial charge in [-0.15, -0.1) is 0 Å². The van der Waals surface area contributed by atoms with Gasteiger partial charge in [-0.2, -0.15) is 0 Å². The third-order valence-corrected chi connectivity index (χ3v) is 4.58. The van der Waals surface area contributed by atoms with Crippen molar-refractivity contribution in [2.45, 2.75) is 25.8 Å². The van der Waals surface area contributed by atoms with Crippen LogP contribution in [0.25, 0.3) is 0 Å². The van der Waals surface area contributed by atoms with Crippen molar-refractivity contribution in [3.63, 3.8) is 0 Å². The Bertz CT molecular complexity index is 695. The molecular formula is C19H24N4O3. The minimum Gasteiger partial charge on any atom is -0.467 e. The summed E-state index contributed by atoms with van der Waals surface area (Å²) in [5, 5.41) is 5.76. The lowest BCUT2D eigenvalue weighted by atomic mass is 9.96. The van der Waals surface area contributed by atoms with E-state index in [-0.39, 0.29) is 17.7 Å². The number of piperidine rings is 1. The molecule has 0 aromatic carbocycles. The van der Waals surface area contributed by atoms with Crippen LogP contribution in [0.1, 0.15) is 25.0 Å². The highest BCUT2D eigenvalue weighted by molar-refractivity contribution is 5.90. The van der Waals surface area contributed by atoms with Gasteiger partial charge < -0.3 is 20.0 Å². The van der Waals surface area contributed by atoms with Gasteiger partial charge in [-0.25, -0.2) is 0 Å². The number of nitrogens with zero attached hydrogens (tertiary/aromatic N) is 2. The molecule has 2 amide bonds. The number of nitrogens with one attached hydrogen (secondary N) is 2. The van der Waals surface area contributed by atoms with Crippen LogP contribution in [0.15, 0.2) is 47.3 Å². The van der Waals surface area contributed by atoms with E-state index in [0.29, 0.717) is 25.2 Å². The maximum Gasteiger partial charge on any atom is 0.225 e. The van der Waals surface area contributed by atoms with Crippen molar-refractivity contribution in [2.24, 2.45) is 5.92 Å². The van der Waals surface area contributed by atoms with E-state index < -0.39 is 0 Å². The van der Waals surface area contributed by atoms with E-state index in [1.807, 2.05) is 18.2 Å². The predicted molar refractivity (Wildman–Crippen MR) is 97.2 cm³/mol. The quantitative estimate of drug-likeness (QED) is 0.793. The molecular weight excluding hydrogens is 332 g/mol. The average molecular weight is 356 g/mol. The lowest BCUT2D eigenvalue weighted by molar-refractivity contribution is -0.127. The van der Waals surface area contributed by atoms with Crippen molar-refractivity contribution in [1.29, 1.82) is 0 Å². The van der Waals surface area contributed by atoms with Crippen molar-refractivity contribution >= 4 is 17.5 Å². The summed E-state index contributed by atoms with van der Waals surface area (Å²) >= 11 is 0. The van der Waals surface area contributed by atoms with Gasteiger partial charge in [0.1, 0.15) is 5.76 Å². The smallest absolute Gasteiger partial charge is 0.225 e. The number of carbonyl (C=O) groups excluding carboxylic acids is 2. The largest absolute Gasteiger partial charge is 0.467 e. The molecule has 0 bridgehead atoms. The maximum atomic E-state index is 12.2. The fraction of sp³-hybridized carbons (Fsp3) is 0.421. The number of hydrogen-bond acceptors (Lipinski definition) is 5. The summed E-state index contributed by atoms with van der Waals surface area (Å²) < 4.78 is 5.22. The van der Waals surface area contributed by atoms with E-state index in [4.69, 9.17) is 4.42 Å². The lowest BCUT2D eigenvalue weighted by Crippen LogP contribution is -2.41. The first-order chi connectivity index (χ1) is 12.7. The Morgan fingerprint density at radius 3 is 2.77 bits per heavy atom. The molecule has 0 radical (unpaired) electrons. The highest BCUT2D eigenvalue weighted by atomic mass is 16.3. The summed E-state index contributed by atoms with van der Waals surface area (Å²) in [4.78, 5) is 30.4. The lowest BCUT2D eigenvalue weighted by Gasteiger charge is -2.31. The van der Waals surface area contributed by atoms with Gasteiger partial charge in [0.15, 0.2) is 0 Å². The van der Waals surface area contributed by atoms with Gasteiger partial charge in [0.25, 0.3) is 0 Å². The second-order valence-electron chi connectivity index (χ2n) is 6.45. The Kier molecular flexibility index (Phi) is 6.38. The molecule has 7 heteroatoms. The molecule has 3 heterocycles. The molecule has 1 saturated heterocycles.